The molecule has 0 aliphatic carbocycles. The first-order chi connectivity index (χ1) is 13.6. The molecule has 0 spiro atoms. The molecule has 1 amide bonds. The van der Waals surface area contributed by atoms with E-state index in [2.05, 4.69) is 9.71 Å². The number of methoxy groups -OCH3 is 1. The summed E-state index contributed by atoms with van der Waals surface area (Å²) in [6.45, 7) is 1.85. The molecule has 12 heteroatoms. The Morgan fingerprint density at radius 2 is 1.93 bits per heavy atom. The minimum atomic E-state index is -3.82. The average Bonchev–Trinajstić information content (AvgIpc) is 3.05. The van der Waals surface area contributed by atoms with Crippen LogP contribution < -0.4 is 4.72 Å². The molecule has 1 fully saturated rings. The molecule has 0 unspecified atom stereocenters. The molecule has 2 rings (SSSR count). The summed E-state index contributed by atoms with van der Waals surface area (Å²) in [6.07, 6.45) is 2.16. The van der Waals surface area contributed by atoms with Crippen molar-refractivity contribution >= 4 is 27.9 Å². The van der Waals surface area contributed by atoms with Crippen LogP contribution in [0, 0.1) is 12.8 Å². The van der Waals surface area contributed by atoms with Crippen molar-refractivity contribution in [3.05, 3.63) is 12.0 Å². The zero-order chi connectivity index (χ0) is 21.6. The normalized spacial score (nSPS) is 15.2. The summed E-state index contributed by atoms with van der Waals surface area (Å²) in [4.78, 5) is 40.8. The molecule has 0 radical (unpaired) electrons. The van der Waals surface area contributed by atoms with E-state index in [-0.39, 0.29) is 35.8 Å². The number of amides is 1. The van der Waals surface area contributed by atoms with Gasteiger partial charge in [0.15, 0.2) is 11.6 Å². The molecule has 0 aromatic carbocycles. The third-order valence-corrected chi connectivity index (χ3v) is 6.05. The van der Waals surface area contributed by atoms with Crippen LogP contribution in [0.2, 0.25) is 0 Å². The number of nitrogens with zero attached hydrogens (tertiary/aromatic N) is 3. The van der Waals surface area contributed by atoms with Gasteiger partial charge >= 0.3 is 11.9 Å². The largest absolute Gasteiger partial charge is 0.469 e. The van der Waals surface area contributed by atoms with Crippen molar-refractivity contribution in [2.24, 2.45) is 13.0 Å². The number of ether oxygens (including phenoxy) is 2. The highest BCUT2D eigenvalue weighted by molar-refractivity contribution is 7.89. The number of sulfonamides is 1. The number of hydrogen-bond donors (Lipinski definition) is 1. The molecule has 1 aromatic heterocycles. The summed E-state index contributed by atoms with van der Waals surface area (Å²) >= 11 is 0. The number of nitrogens with one attached hydrogen (secondary N) is 1. The van der Waals surface area contributed by atoms with Gasteiger partial charge in [0.05, 0.1) is 19.4 Å². The summed E-state index contributed by atoms with van der Waals surface area (Å²) in [6, 6.07) is 0. The molecule has 1 aromatic rings. The molecule has 1 aliphatic rings. The molecule has 0 atom stereocenters. The predicted octanol–water partition coefficient (Wildman–Crippen LogP) is -0.648. The maximum absolute atomic E-state index is 12.1. The van der Waals surface area contributed by atoms with Gasteiger partial charge < -0.3 is 18.9 Å². The van der Waals surface area contributed by atoms with Crippen molar-refractivity contribution in [1.29, 1.82) is 0 Å². The van der Waals surface area contributed by atoms with Crippen LogP contribution >= 0.6 is 0 Å². The standard InChI is InChI=1S/C17H26N4O7S/c1-12-19-14(10-20(12)2)29(25,26)18-7-4-16(23)28-11-15(22)21-8-5-13(6-9-21)17(24)27-3/h10,13,18H,4-9,11H2,1-3H3. The number of imidazole rings is 1. The molecular weight excluding hydrogens is 404 g/mol. The second kappa shape index (κ2) is 9.83. The monoisotopic (exact) mass is 430 g/mol. The predicted molar refractivity (Wildman–Crippen MR) is 100 cm³/mol. The number of hydrogen-bond acceptors (Lipinski definition) is 8. The smallest absolute Gasteiger partial charge is 0.308 e. The Kier molecular flexibility index (Phi) is 7.73. The van der Waals surface area contributed by atoms with Crippen LogP contribution in [0.15, 0.2) is 11.2 Å². The molecule has 1 aliphatic heterocycles. The molecule has 1 saturated heterocycles. The van der Waals surface area contributed by atoms with Gasteiger partial charge in [-0.05, 0) is 19.8 Å². The third-order valence-electron chi connectivity index (χ3n) is 4.72. The Labute approximate surface area is 169 Å². The van der Waals surface area contributed by atoms with Gasteiger partial charge in [-0.3, -0.25) is 14.4 Å². The average molecular weight is 430 g/mol. The maximum atomic E-state index is 12.1. The first-order valence-corrected chi connectivity index (χ1v) is 10.6. The highest BCUT2D eigenvalue weighted by Gasteiger charge is 2.28. The van der Waals surface area contributed by atoms with Gasteiger partial charge in [-0.1, -0.05) is 0 Å². The number of piperidine rings is 1. The Hall–Kier alpha value is -2.47. The lowest BCUT2D eigenvalue weighted by molar-refractivity contribution is -0.154. The summed E-state index contributed by atoms with van der Waals surface area (Å²) in [5, 5.41) is -0.128. The van der Waals surface area contributed by atoms with Crippen LogP contribution in [0.3, 0.4) is 0 Å². The summed E-state index contributed by atoms with van der Waals surface area (Å²) in [7, 11) is -0.819. The number of likely N-dealkylation sites (tertiary alicyclic amines) is 1. The van der Waals surface area contributed by atoms with E-state index in [0.717, 1.165) is 0 Å². The number of carbonyl (C=O) groups is 3. The zero-order valence-corrected chi connectivity index (χ0v) is 17.5. The SMILES string of the molecule is COC(=O)C1CCN(C(=O)COC(=O)CCNS(=O)(=O)c2cn(C)c(C)n2)CC1. The van der Waals surface area contributed by atoms with Crippen molar-refractivity contribution in [3.8, 4) is 0 Å². The van der Waals surface area contributed by atoms with E-state index in [9.17, 15) is 22.8 Å². The first-order valence-electron chi connectivity index (χ1n) is 9.15. The fourth-order valence-electron chi connectivity index (χ4n) is 2.85. The van der Waals surface area contributed by atoms with E-state index in [1.165, 1.54) is 18.2 Å². The van der Waals surface area contributed by atoms with Gasteiger partial charge in [0.1, 0.15) is 5.82 Å². The number of carbonyl (C=O) groups excluding carboxylic acids is 3. The number of aryl methyl sites for hydroxylation is 2. The van der Waals surface area contributed by atoms with Crippen LogP contribution in [0.1, 0.15) is 25.1 Å². The molecule has 11 nitrogen and oxygen atoms in total. The Morgan fingerprint density at radius 3 is 2.48 bits per heavy atom. The van der Waals surface area contributed by atoms with Crippen molar-refractivity contribution in [1.82, 2.24) is 19.2 Å². The van der Waals surface area contributed by atoms with Crippen molar-refractivity contribution in [3.63, 3.8) is 0 Å². The fourth-order valence-corrected chi connectivity index (χ4v) is 3.92. The van der Waals surface area contributed by atoms with Gasteiger partial charge in [0.2, 0.25) is 0 Å². The lowest BCUT2D eigenvalue weighted by atomic mass is 9.97. The van der Waals surface area contributed by atoms with E-state index in [1.807, 2.05) is 0 Å². The molecule has 29 heavy (non-hydrogen) atoms. The van der Waals surface area contributed by atoms with Gasteiger partial charge in [0, 0.05) is 32.9 Å². The highest BCUT2D eigenvalue weighted by atomic mass is 32.2. The zero-order valence-electron chi connectivity index (χ0n) is 16.7. The topological polar surface area (TPSA) is 137 Å². The number of rotatable bonds is 8. The van der Waals surface area contributed by atoms with E-state index in [4.69, 9.17) is 9.47 Å². The Bertz CT molecular complexity index is 838. The van der Waals surface area contributed by atoms with Crippen LogP contribution in [0.5, 0.6) is 0 Å². The Morgan fingerprint density at radius 1 is 1.28 bits per heavy atom. The van der Waals surface area contributed by atoms with Gasteiger partial charge in [-0.25, -0.2) is 18.1 Å². The van der Waals surface area contributed by atoms with Gasteiger partial charge in [-0.2, -0.15) is 0 Å². The minimum Gasteiger partial charge on any atom is -0.469 e. The molecule has 0 saturated carbocycles. The van der Waals surface area contributed by atoms with Crippen LogP contribution in [0.25, 0.3) is 0 Å². The fraction of sp³-hybridized carbons (Fsp3) is 0.647. The van der Waals surface area contributed by atoms with Crippen LogP contribution in [0.4, 0.5) is 0 Å². The highest BCUT2D eigenvalue weighted by Crippen LogP contribution is 2.18. The van der Waals surface area contributed by atoms with E-state index >= 15 is 0 Å². The second-order valence-corrected chi connectivity index (χ2v) is 8.44. The molecule has 0 bridgehead atoms. The molecular formula is C17H26N4O7S. The van der Waals surface area contributed by atoms with Gasteiger partial charge in [0.25, 0.3) is 15.9 Å². The first kappa shape index (κ1) is 22.8. The lowest BCUT2D eigenvalue weighted by Crippen LogP contribution is -2.42. The van der Waals surface area contributed by atoms with Crippen molar-refractivity contribution < 1.29 is 32.3 Å². The number of esters is 2. The van der Waals surface area contributed by atoms with Gasteiger partial charge in [-0.15, -0.1) is 0 Å². The lowest BCUT2D eigenvalue weighted by Gasteiger charge is -2.30. The third kappa shape index (κ3) is 6.26. The quantitative estimate of drug-likeness (QED) is 0.537. The van der Waals surface area contributed by atoms with E-state index < -0.39 is 22.6 Å². The molecule has 1 N–H and O–H groups in total. The van der Waals surface area contributed by atoms with E-state index in [1.54, 1.807) is 18.5 Å². The summed E-state index contributed by atoms with van der Waals surface area (Å²) < 4.78 is 37.7. The van der Waals surface area contributed by atoms with E-state index in [0.29, 0.717) is 31.8 Å². The minimum absolute atomic E-state index is 0.128. The van der Waals surface area contributed by atoms with Crippen molar-refractivity contribution in [2.75, 3.05) is 33.4 Å². The molecule has 2 heterocycles. The second-order valence-electron chi connectivity index (χ2n) is 6.72. The number of aromatic nitrogens is 2. The maximum Gasteiger partial charge on any atom is 0.308 e. The van der Waals surface area contributed by atoms with Crippen LogP contribution in [-0.4, -0.2) is 74.1 Å². The summed E-state index contributed by atoms with van der Waals surface area (Å²) in [5.41, 5.74) is 0. The summed E-state index contributed by atoms with van der Waals surface area (Å²) in [5.74, 6) is -1.01. The molecule has 162 valence electrons. The van der Waals surface area contributed by atoms with Crippen LogP contribution in [-0.2, 0) is 40.9 Å². The van der Waals surface area contributed by atoms with Crippen molar-refractivity contribution in [2.45, 2.75) is 31.2 Å². The Balaban J connectivity index is 1.69.